The van der Waals surface area contributed by atoms with Crippen LogP contribution in [-0.2, 0) is 11.2 Å². The molecule has 5 heteroatoms. The SMILES string of the molecule is CC(C)N(C)C(=O)NC(Cc1ccccc1)C(=O)N1CCCCC1. The van der Waals surface area contributed by atoms with Gasteiger partial charge in [-0.05, 0) is 38.7 Å². The lowest BCUT2D eigenvalue weighted by molar-refractivity contribution is -0.134. The van der Waals surface area contributed by atoms with Crippen LogP contribution in [0.25, 0.3) is 0 Å². The molecule has 1 aliphatic rings. The molecule has 1 fully saturated rings. The zero-order valence-electron chi connectivity index (χ0n) is 15.0. The van der Waals surface area contributed by atoms with E-state index >= 15 is 0 Å². The standard InChI is InChI=1S/C19H29N3O2/c1-15(2)21(3)19(24)20-17(14-16-10-6-4-7-11-16)18(23)22-12-8-5-9-13-22/h4,6-7,10-11,15,17H,5,8-9,12-14H2,1-3H3,(H,20,24). The van der Waals surface area contributed by atoms with Crippen molar-refractivity contribution in [2.75, 3.05) is 20.1 Å². The summed E-state index contributed by atoms with van der Waals surface area (Å²) in [6.07, 6.45) is 3.79. The maximum absolute atomic E-state index is 12.9. The fraction of sp³-hybridized carbons (Fsp3) is 0.579. The molecular formula is C19H29N3O2. The van der Waals surface area contributed by atoms with E-state index in [1.54, 1.807) is 11.9 Å². The molecule has 0 radical (unpaired) electrons. The highest BCUT2D eigenvalue weighted by Gasteiger charge is 2.28. The Morgan fingerprint density at radius 1 is 1.12 bits per heavy atom. The number of likely N-dealkylation sites (tertiary alicyclic amines) is 1. The highest BCUT2D eigenvalue weighted by Crippen LogP contribution is 2.13. The Morgan fingerprint density at radius 2 is 1.75 bits per heavy atom. The van der Waals surface area contributed by atoms with Crippen LogP contribution in [0.1, 0.15) is 38.7 Å². The Hall–Kier alpha value is -2.04. The molecule has 1 heterocycles. The van der Waals surface area contributed by atoms with Gasteiger partial charge in [0.2, 0.25) is 5.91 Å². The van der Waals surface area contributed by atoms with E-state index in [2.05, 4.69) is 5.32 Å². The molecule has 1 aromatic rings. The molecule has 0 saturated carbocycles. The number of urea groups is 1. The van der Waals surface area contributed by atoms with Crippen molar-refractivity contribution in [2.45, 2.75) is 51.6 Å². The molecule has 0 spiro atoms. The van der Waals surface area contributed by atoms with Crippen molar-refractivity contribution in [1.82, 2.24) is 15.1 Å². The van der Waals surface area contributed by atoms with Crippen molar-refractivity contribution >= 4 is 11.9 Å². The Bertz CT molecular complexity index is 539. The second-order valence-corrected chi connectivity index (χ2v) is 6.78. The lowest BCUT2D eigenvalue weighted by Crippen LogP contribution is -2.54. The highest BCUT2D eigenvalue weighted by molar-refractivity contribution is 5.87. The molecule has 132 valence electrons. The van der Waals surface area contributed by atoms with Crippen molar-refractivity contribution in [3.63, 3.8) is 0 Å². The summed E-state index contributed by atoms with van der Waals surface area (Å²) in [7, 11) is 1.75. The summed E-state index contributed by atoms with van der Waals surface area (Å²) >= 11 is 0. The number of benzene rings is 1. The van der Waals surface area contributed by atoms with Crippen LogP contribution < -0.4 is 5.32 Å². The van der Waals surface area contributed by atoms with Crippen LogP contribution >= 0.6 is 0 Å². The van der Waals surface area contributed by atoms with E-state index in [0.29, 0.717) is 6.42 Å². The number of rotatable bonds is 5. The van der Waals surface area contributed by atoms with Gasteiger partial charge in [-0.1, -0.05) is 30.3 Å². The average Bonchev–Trinajstić information content (AvgIpc) is 2.61. The first-order valence-electron chi connectivity index (χ1n) is 8.85. The minimum absolute atomic E-state index is 0.0315. The fourth-order valence-corrected chi connectivity index (χ4v) is 2.87. The monoisotopic (exact) mass is 331 g/mol. The van der Waals surface area contributed by atoms with Gasteiger partial charge in [0.05, 0.1) is 0 Å². The number of amides is 3. The van der Waals surface area contributed by atoms with Gasteiger partial charge in [0, 0.05) is 32.6 Å². The molecule has 0 bridgehead atoms. The molecule has 1 unspecified atom stereocenters. The molecule has 3 amide bonds. The van der Waals surface area contributed by atoms with Gasteiger partial charge >= 0.3 is 6.03 Å². The molecule has 5 nitrogen and oxygen atoms in total. The summed E-state index contributed by atoms with van der Waals surface area (Å²) in [5.41, 5.74) is 1.06. The maximum atomic E-state index is 12.9. The minimum atomic E-state index is -0.515. The van der Waals surface area contributed by atoms with Gasteiger partial charge in [-0.25, -0.2) is 4.79 Å². The first-order valence-corrected chi connectivity index (χ1v) is 8.85. The number of piperidine rings is 1. The van der Waals surface area contributed by atoms with Gasteiger partial charge < -0.3 is 15.1 Å². The smallest absolute Gasteiger partial charge is 0.318 e. The van der Waals surface area contributed by atoms with Gasteiger partial charge in [0.25, 0.3) is 0 Å². The fourth-order valence-electron chi connectivity index (χ4n) is 2.87. The van der Waals surface area contributed by atoms with E-state index in [-0.39, 0.29) is 18.0 Å². The summed E-state index contributed by atoms with van der Waals surface area (Å²) in [6, 6.07) is 9.24. The number of hydrogen-bond acceptors (Lipinski definition) is 2. The van der Waals surface area contributed by atoms with Crippen molar-refractivity contribution < 1.29 is 9.59 Å². The summed E-state index contributed by atoms with van der Waals surface area (Å²) in [4.78, 5) is 28.9. The predicted octanol–water partition coefficient (Wildman–Crippen LogP) is 2.66. The van der Waals surface area contributed by atoms with Crippen LogP contribution in [0.4, 0.5) is 4.79 Å². The van der Waals surface area contributed by atoms with Crippen LogP contribution in [0.3, 0.4) is 0 Å². The van der Waals surface area contributed by atoms with E-state index in [9.17, 15) is 9.59 Å². The van der Waals surface area contributed by atoms with Crippen LogP contribution in [0.2, 0.25) is 0 Å². The molecular weight excluding hydrogens is 302 g/mol. The average molecular weight is 331 g/mol. The number of hydrogen-bond donors (Lipinski definition) is 1. The molecule has 1 N–H and O–H groups in total. The van der Waals surface area contributed by atoms with Crippen LogP contribution in [0.5, 0.6) is 0 Å². The first-order chi connectivity index (χ1) is 11.5. The zero-order valence-corrected chi connectivity index (χ0v) is 15.0. The number of nitrogens with one attached hydrogen (secondary N) is 1. The van der Waals surface area contributed by atoms with E-state index in [1.165, 1.54) is 6.42 Å². The maximum Gasteiger partial charge on any atom is 0.318 e. The molecule has 0 aliphatic carbocycles. The predicted molar refractivity (Wildman–Crippen MR) is 95.8 cm³/mol. The summed E-state index contributed by atoms with van der Waals surface area (Å²) in [5, 5.41) is 2.94. The van der Waals surface area contributed by atoms with Crippen LogP contribution in [0.15, 0.2) is 30.3 Å². The van der Waals surface area contributed by atoms with Crippen LogP contribution in [-0.4, -0.2) is 54.0 Å². The van der Waals surface area contributed by atoms with E-state index in [0.717, 1.165) is 31.5 Å². The minimum Gasteiger partial charge on any atom is -0.341 e. The lowest BCUT2D eigenvalue weighted by atomic mass is 10.0. The van der Waals surface area contributed by atoms with Crippen molar-refractivity contribution in [1.29, 1.82) is 0 Å². The second-order valence-electron chi connectivity index (χ2n) is 6.78. The molecule has 0 aromatic heterocycles. The van der Waals surface area contributed by atoms with Crippen molar-refractivity contribution in [2.24, 2.45) is 0 Å². The van der Waals surface area contributed by atoms with E-state index < -0.39 is 6.04 Å². The molecule has 24 heavy (non-hydrogen) atoms. The normalized spacial score (nSPS) is 15.9. The summed E-state index contributed by atoms with van der Waals surface area (Å²) < 4.78 is 0. The highest BCUT2D eigenvalue weighted by atomic mass is 16.2. The van der Waals surface area contributed by atoms with Gasteiger partial charge in [-0.2, -0.15) is 0 Å². The topological polar surface area (TPSA) is 52.7 Å². The van der Waals surface area contributed by atoms with E-state index in [1.807, 2.05) is 49.1 Å². The van der Waals surface area contributed by atoms with Crippen LogP contribution in [0, 0.1) is 0 Å². The Labute approximate surface area is 145 Å². The number of carbonyl (C=O) groups excluding carboxylic acids is 2. The molecule has 1 aromatic carbocycles. The number of nitrogens with zero attached hydrogens (tertiary/aromatic N) is 2. The molecule has 1 saturated heterocycles. The Balaban J connectivity index is 2.10. The van der Waals surface area contributed by atoms with Gasteiger partial charge in [0.15, 0.2) is 0 Å². The molecule has 1 atom stereocenters. The third-order valence-electron chi connectivity index (χ3n) is 4.64. The third kappa shape index (κ3) is 4.98. The summed E-state index contributed by atoms with van der Waals surface area (Å²) in [5.74, 6) is 0.0315. The van der Waals surface area contributed by atoms with Gasteiger partial charge in [-0.15, -0.1) is 0 Å². The van der Waals surface area contributed by atoms with Gasteiger partial charge in [-0.3, -0.25) is 4.79 Å². The molecule has 2 rings (SSSR count). The van der Waals surface area contributed by atoms with Crippen molar-refractivity contribution in [3.05, 3.63) is 35.9 Å². The van der Waals surface area contributed by atoms with E-state index in [4.69, 9.17) is 0 Å². The quantitative estimate of drug-likeness (QED) is 0.902. The summed E-state index contributed by atoms with van der Waals surface area (Å²) in [6.45, 7) is 5.50. The lowest BCUT2D eigenvalue weighted by Gasteiger charge is -2.32. The Morgan fingerprint density at radius 3 is 2.33 bits per heavy atom. The third-order valence-corrected chi connectivity index (χ3v) is 4.64. The van der Waals surface area contributed by atoms with Gasteiger partial charge in [0.1, 0.15) is 6.04 Å². The Kier molecular flexibility index (Phi) is 6.64. The molecule has 1 aliphatic heterocycles. The second kappa shape index (κ2) is 8.71. The van der Waals surface area contributed by atoms with Crippen molar-refractivity contribution in [3.8, 4) is 0 Å². The first kappa shape index (κ1) is 18.3. The zero-order chi connectivity index (χ0) is 17.5. The largest absolute Gasteiger partial charge is 0.341 e. The number of carbonyl (C=O) groups is 2.